The summed E-state index contributed by atoms with van der Waals surface area (Å²) in [4.78, 5) is 0. The molecule has 1 saturated carbocycles. The molecule has 16 heavy (non-hydrogen) atoms. The van der Waals surface area contributed by atoms with Crippen molar-refractivity contribution in [3.63, 3.8) is 0 Å². The summed E-state index contributed by atoms with van der Waals surface area (Å²) in [5.41, 5.74) is -0.407. The van der Waals surface area contributed by atoms with Gasteiger partial charge in [0.2, 0.25) is 0 Å². The van der Waals surface area contributed by atoms with Crippen LogP contribution >= 0.6 is 11.8 Å². The number of hydrogen-bond acceptors (Lipinski definition) is 3. The van der Waals surface area contributed by atoms with E-state index in [1.54, 1.807) is 0 Å². The van der Waals surface area contributed by atoms with Gasteiger partial charge in [-0.05, 0) is 44.2 Å². The van der Waals surface area contributed by atoms with Crippen molar-refractivity contribution in [1.29, 1.82) is 0 Å². The number of aliphatic hydroxyl groups is 1. The third-order valence-corrected chi connectivity index (χ3v) is 4.14. The van der Waals surface area contributed by atoms with Crippen molar-refractivity contribution >= 4 is 11.8 Å². The average Bonchev–Trinajstić information content (AvgIpc) is 2.49. The summed E-state index contributed by atoms with van der Waals surface area (Å²) in [7, 11) is 0. The van der Waals surface area contributed by atoms with Crippen LogP contribution in [0.3, 0.4) is 0 Å². The molecule has 0 bridgehead atoms. The Morgan fingerprint density at radius 1 is 1.12 bits per heavy atom. The Labute approximate surface area is 105 Å². The molecule has 0 aromatic heterocycles. The summed E-state index contributed by atoms with van der Waals surface area (Å²) in [5.74, 6) is 1.26. The molecule has 0 heterocycles. The van der Waals surface area contributed by atoms with E-state index < -0.39 is 5.60 Å². The molecule has 0 atom stereocenters. The van der Waals surface area contributed by atoms with Crippen molar-refractivity contribution in [3.8, 4) is 0 Å². The number of unbranched alkanes of at least 4 members (excludes halogenated alkanes) is 1. The van der Waals surface area contributed by atoms with Crippen LogP contribution in [0.25, 0.3) is 0 Å². The number of hydrogen-bond donors (Lipinski definition) is 2. The fourth-order valence-corrected chi connectivity index (χ4v) is 2.87. The zero-order valence-electron chi connectivity index (χ0n) is 10.6. The minimum absolute atomic E-state index is 0.407. The lowest BCUT2D eigenvalue weighted by Gasteiger charge is -2.26. The van der Waals surface area contributed by atoms with Gasteiger partial charge in [-0.2, -0.15) is 11.8 Å². The Morgan fingerprint density at radius 3 is 2.44 bits per heavy atom. The summed E-state index contributed by atoms with van der Waals surface area (Å²) in [6.07, 6.45) is 11.7. The Morgan fingerprint density at radius 2 is 1.81 bits per heavy atom. The lowest BCUT2D eigenvalue weighted by atomic mass is 9.94. The van der Waals surface area contributed by atoms with E-state index in [0.29, 0.717) is 0 Å². The molecule has 0 aromatic rings. The van der Waals surface area contributed by atoms with E-state index in [2.05, 4.69) is 11.6 Å². The molecule has 0 spiro atoms. The fourth-order valence-electron chi connectivity index (χ4n) is 2.38. The lowest BCUT2D eigenvalue weighted by Crippen LogP contribution is -2.40. The smallest absolute Gasteiger partial charge is 0.0771 e. The number of nitrogens with one attached hydrogen (secondary N) is 1. The molecule has 0 saturated heterocycles. The van der Waals surface area contributed by atoms with Crippen LogP contribution in [0.5, 0.6) is 0 Å². The number of thioether (sulfide) groups is 1. The molecule has 0 unspecified atom stereocenters. The number of rotatable bonds is 7. The zero-order valence-corrected chi connectivity index (χ0v) is 11.5. The first-order valence-electron chi connectivity index (χ1n) is 6.69. The van der Waals surface area contributed by atoms with Crippen LogP contribution in [0, 0.1) is 0 Å². The van der Waals surface area contributed by atoms with Crippen molar-refractivity contribution < 1.29 is 5.11 Å². The first-order chi connectivity index (χ1) is 7.77. The van der Waals surface area contributed by atoms with Gasteiger partial charge in [-0.3, -0.25) is 0 Å². The Kier molecular flexibility index (Phi) is 7.50. The van der Waals surface area contributed by atoms with E-state index in [4.69, 9.17) is 0 Å². The molecule has 0 amide bonds. The van der Waals surface area contributed by atoms with Crippen molar-refractivity contribution in [1.82, 2.24) is 5.32 Å². The normalized spacial score (nSPS) is 20.6. The second-order valence-corrected chi connectivity index (χ2v) is 6.00. The highest BCUT2D eigenvalue weighted by molar-refractivity contribution is 7.98. The highest BCUT2D eigenvalue weighted by Gasteiger charge is 2.26. The van der Waals surface area contributed by atoms with Gasteiger partial charge in [-0.1, -0.05) is 25.7 Å². The molecule has 0 aliphatic heterocycles. The third-order valence-electron chi connectivity index (χ3n) is 3.44. The fraction of sp³-hybridized carbons (Fsp3) is 1.00. The Bertz CT molecular complexity index is 167. The van der Waals surface area contributed by atoms with Crippen LogP contribution < -0.4 is 5.32 Å². The van der Waals surface area contributed by atoms with Crippen LogP contribution in [0.15, 0.2) is 0 Å². The van der Waals surface area contributed by atoms with E-state index in [1.165, 1.54) is 44.3 Å². The second kappa shape index (κ2) is 8.37. The van der Waals surface area contributed by atoms with Crippen molar-refractivity contribution in [2.24, 2.45) is 0 Å². The van der Waals surface area contributed by atoms with Gasteiger partial charge in [0, 0.05) is 6.54 Å². The van der Waals surface area contributed by atoms with Gasteiger partial charge in [0.05, 0.1) is 5.60 Å². The van der Waals surface area contributed by atoms with E-state index in [-0.39, 0.29) is 0 Å². The maximum absolute atomic E-state index is 10.4. The SMILES string of the molecule is CSCCCCNCC1(O)CCCCCC1. The molecule has 1 aliphatic carbocycles. The summed E-state index contributed by atoms with van der Waals surface area (Å²) in [6, 6.07) is 0. The molecule has 3 heteroatoms. The van der Waals surface area contributed by atoms with Gasteiger partial charge < -0.3 is 10.4 Å². The maximum Gasteiger partial charge on any atom is 0.0771 e. The summed E-state index contributed by atoms with van der Waals surface area (Å²) < 4.78 is 0. The molecule has 1 fully saturated rings. The molecule has 0 radical (unpaired) electrons. The second-order valence-electron chi connectivity index (χ2n) is 5.02. The molecular formula is C13H27NOS. The first kappa shape index (κ1) is 14.3. The molecule has 1 aliphatic rings. The van der Waals surface area contributed by atoms with Gasteiger partial charge in [0.25, 0.3) is 0 Å². The highest BCUT2D eigenvalue weighted by Crippen LogP contribution is 2.26. The molecular weight excluding hydrogens is 218 g/mol. The minimum atomic E-state index is -0.407. The lowest BCUT2D eigenvalue weighted by molar-refractivity contribution is 0.0254. The monoisotopic (exact) mass is 245 g/mol. The van der Waals surface area contributed by atoms with Crippen LogP contribution in [0.1, 0.15) is 51.4 Å². The van der Waals surface area contributed by atoms with E-state index >= 15 is 0 Å². The van der Waals surface area contributed by atoms with Crippen molar-refractivity contribution in [2.75, 3.05) is 25.1 Å². The van der Waals surface area contributed by atoms with E-state index in [0.717, 1.165) is 25.9 Å². The zero-order chi connectivity index (χ0) is 11.7. The van der Waals surface area contributed by atoms with Gasteiger partial charge in [0.1, 0.15) is 0 Å². The van der Waals surface area contributed by atoms with Crippen molar-refractivity contribution in [2.45, 2.75) is 57.0 Å². The molecule has 0 aromatic carbocycles. The summed E-state index contributed by atoms with van der Waals surface area (Å²) in [5, 5.41) is 13.8. The van der Waals surface area contributed by atoms with Gasteiger partial charge in [0.15, 0.2) is 0 Å². The highest BCUT2D eigenvalue weighted by atomic mass is 32.2. The quantitative estimate of drug-likeness (QED) is 0.534. The van der Waals surface area contributed by atoms with Crippen LogP contribution in [0.4, 0.5) is 0 Å². The van der Waals surface area contributed by atoms with Crippen LogP contribution in [-0.4, -0.2) is 35.8 Å². The van der Waals surface area contributed by atoms with Crippen molar-refractivity contribution in [3.05, 3.63) is 0 Å². The van der Waals surface area contributed by atoms with Crippen LogP contribution in [0.2, 0.25) is 0 Å². The predicted octanol–water partition coefficient (Wildman–Crippen LogP) is 2.80. The van der Waals surface area contributed by atoms with E-state index in [9.17, 15) is 5.11 Å². The summed E-state index contributed by atoms with van der Waals surface area (Å²) >= 11 is 1.91. The first-order valence-corrected chi connectivity index (χ1v) is 8.08. The molecule has 96 valence electrons. The average molecular weight is 245 g/mol. The third kappa shape index (κ3) is 6.12. The van der Waals surface area contributed by atoms with Crippen LogP contribution in [-0.2, 0) is 0 Å². The maximum atomic E-state index is 10.4. The Balaban J connectivity index is 2.05. The molecule has 2 nitrogen and oxygen atoms in total. The van der Waals surface area contributed by atoms with E-state index in [1.807, 2.05) is 11.8 Å². The predicted molar refractivity (Wildman–Crippen MR) is 73.1 cm³/mol. The molecule has 1 rings (SSSR count). The van der Waals surface area contributed by atoms with Gasteiger partial charge in [-0.15, -0.1) is 0 Å². The summed E-state index contributed by atoms with van der Waals surface area (Å²) in [6.45, 7) is 1.86. The van der Waals surface area contributed by atoms with Gasteiger partial charge in [-0.25, -0.2) is 0 Å². The molecule has 2 N–H and O–H groups in total. The standard InChI is InChI=1S/C13H27NOS/c1-16-11-7-6-10-14-12-13(15)8-4-2-3-5-9-13/h14-15H,2-12H2,1H3. The topological polar surface area (TPSA) is 32.3 Å². The van der Waals surface area contributed by atoms with Gasteiger partial charge >= 0.3 is 0 Å². The minimum Gasteiger partial charge on any atom is -0.389 e. The largest absolute Gasteiger partial charge is 0.389 e. The Hall–Kier alpha value is 0.270.